The average molecular weight is 580 g/mol. The standard InChI is InChI=1S/C25H23N3O2S.CHF3O3S/c1-3-13-28-22-10-5-4-7-17(22)14-19-16-21(11-12-23(19)28)26-24(29)18-8-6-9-20(15-18)27-25(31)30-2;2-1(3,4)8(5,6)7/h1,6,8-9,11-12,14-16H,4-5,7,10,13H2,2H3,(H-,26,27,29,31);(H,5,6,7). The number of alkyl halides is 3. The third-order valence-electron chi connectivity index (χ3n) is 5.80. The molecule has 0 saturated heterocycles. The summed E-state index contributed by atoms with van der Waals surface area (Å²) in [5, 5.41) is 7.25. The van der Waals surface area contributed by atoms with Crippen LogP contribution in [0.1, 0.15) is 34.5 Å². The van der Waals surface area contributed by atoms with Gasteiger partial charge in [-0.1, -0.05) is 6.07 Å². The zero-order valence-corrected chi connectivity index (χ0v) is 22.3. The van der Waals surface area contributed by atoms with E-state index in [-0.39, 0.29) is 11.1 Å². The van der Waals surface area contributed by atoms with Crippen molar-refractivity contribution in [2.75, 3.05) is 17.7 Å². The van der Waals surface area contributed by atoms with Crippen molar-refractivity contribution in [1.29, 1.82) is 0 Å². The van der Waals surface area contributed by atoms with Crippen LogP contribution in [0.4, 0.5) is 24.5 Å². The Balaban J connectivity index is 0.000000459. The highest BCUT2D eigenvalue weighted by molar-refractivity contribution is 7.86. The number of methoxy groups -OCH3 is 1. The summed E-state index contributed by atoms with van der Waals surface area (Å²) in [6, 6.07) is 15.3. The van der Waals surface area contributed by atoms with Crippen molar-refractivity contribution in [2.45, 2.75) is 37.7 Å². The monoisotopic (exact) mass is 579 g/mol. The average Bonchev–Trinajstić information content (AvgIpc) is 2.88. The molecule has 4 rings (SSSR count). The summed E-state index contributed by atoms with van der Waals surface area (Å²) in [7, 11) is -4.59. The van der Waals surface area contributed by atoms with E-state index < -0.39 is 15.6 Å². The number of hydrogen-bond acceptors (Lipinski definition) is 6. The highest BCUT2D eigenvalue weighted by atomic mass is 32.2. The summed E-state index contributed by atoms with van der Waals surface area (Å²) in [6.07, 6.45) is 10.2. The SMILES string of the molecule is C#CC[n+]1c2c(cc3cc(NC(=O)c4cccc(NC(=S)OC)c4)ccc31)CCCC2.O=S(=O)([O-])C(F)(F)F. The number of nitrogens with one attached hydrogen (secondary N) is 2. The topological polar surface area (TPSA) is 111 Å². The van der Waals surface area contributed by atoms with Gasteiger partial charge in [-0.25, -0.2) is 8.42 Å². The van der Waals surface area contributed by atoms with E-state index in [1.54, 1.807) is 18.2 Å². The molecule has 1 aliphatic carbocycles. The molecule has 39 heavy (non-hydrogen) atoms. The van der Waals surface area contributed by atoms with Gasteiger partial charge in [0, 0.05) is 40.4 Å². The molecule has 0 unspecified atom stereocenters. The van der Waals surface area contributed by atoms with Crippen molar-refractivity contribution < 1.29 is 40.2 Å². The fraction of sp³-hybridized carbons (Fsp3) is 0.269. The van der Waals surface area contributed by atoms with Crippen LogP contribution in [-0.4, -0.2) is 36.7 Å². The van der Waals surface area contributed by atoms with Crippen LogP contribution in [0.3, 0.4) is 0 Å². The van der Waals surface area contributed by atoms with Crippen molar-refractivity contribution >= 4 is 55.7 Å². The number of benzene rings is 2. The number of hydrogen-bond donors (Lipinski definition) is 2. The summed E-state index contributed by atoms with van der Waals surface area (Å²) in [4.78, 5) is 12.8. The molecule has 1 amide bonds. The van der Waals surface area contributed by atoms with Gasteiger partial charge < -0.3 is 19.9 Å². The molecular formula is C26H24F3N3O5S2. The molecule has 206 valence electrons. The Morgan fingerprint density at radius 1 is 1.13 bits per heavy atom. The maximum absolute atomic E-state index is 12.8. The van der Waals surface area contributed by atoms with Gasteiger partial charge in [0.25, 0.3) is 11.1 Å². The van der Waals surface area contributed by atoms with Crippen molar-refractivity contribution in [2.24, 2.45) is 0 Å². The van der Waals surface area contributed by atoms with Crippen molar-refractivity contribution in [3.63, 3.8) is 0 Å². The Labute approximate surface area is 228 Å². The number of thiocarbonyl (C=S) groups is 1. The van der Waals surface area contributed by atoms with E-state index in [0.29, 0.717) is 17.8 Å². The maximum atomic E-state index is 12.8. The summed E-state index contributed by atoms with van der Waals surface area (Å²) in [6.45, 7) is 0.550. The van der Waals surface area contributed by atoms with Crippen LogP contribution in [0.2, 0.25) is 0 Å². The minimum absolute atomic E-state index is 0.194. The van der Waals surface area contributed by atoms with Gasteiger partial charge in [0.1, 0.15) is 0 Å². The van der Waals surface area contributed by atoms with Gasteiger partial charge >= 0.3 is 5.51 Å². The number of carbonyl (C=O) groups excluding carboxylic acids is 1. The molecule has 0 atom stereocenters. The van der Waals surface area contributed by atoms with E-state index in [2.05, 4.69) is 27.2 Å². The van der Waals surface area contributed by atoms with E-state index in [0.717, 1.165) is 29.4 Å². The van der Waals surface area contributed by atoms with Crippen LogP contribution < -0.4 is 15.2 Å². The number of carbonyl (C=O) groups is 1. The lowest BCUT2D eigenvalue weighted by molar-refractivity contribution is -0.667. The summed E-state index contributed by atoms with van der Waals surface area (Å²) in [5.74, 6) is 2.59. The zero-order chi connectivity index (χ0) is 28.8. The Hall–Kier alpha value is -3.73. The van der Waals surface area contributed by atoms with E-state index in [4.69, 9.17) is 36.3 Å². The summed E-state index contributed by atoms with van der Waals surface area (Å²) < 4.78 is 66.1. The minimum Gasteiger partial charge on any atom is -0.741 e. The molecule has 0 spiro atoms. The molecule has 0 saturated carbocycles. The van der Waals surface area contributed by atoms with Gasteiger partial charge in [0.05, 0.1) is 7.11 Å². The largest absolute Gasteiger partial charge is 0.741 e. The Morgan fingerprint density at radius 2 is 1.79 bits per heavy atom. The fourth-order valence-electron chi connectivity index (χ4n) is 4.09. The van der Waals surface area contributed by atoms with Gasteiger partial charge in [-0.05, 0) is 73.8 Å². The smallest absolute Gasteiger partial charge is 0.485 e. The molecule has 0 radical (unpaired) electrons. The van der Waals surface area contributed by atoms with E-state index in [1.807, 2.05) is 24.3 Å². The van der Waals surface area contributed by atoms with Crippen molar-refractivity contribution in [3.05, 3.63) is 65.4 Å². The third kappa shape index (κ3) is 7.66. The maximum Gasteiger partial charge on any atom is 0.485 e. The number of fused-ring (bicyclic) bond motifs is 2. The second-order valence-electron chi connectivity index (χ2n) is 8.44. The molecule has 0 bridgehead atoms. The molecule has 8 nitrogen and oxygen atoms in total. The molecule has 1 aromatic heterocycles. The molecule has 1 heterocycles. The van der Waals surface area contributed by atoms with Crippen LogP contribution in [0, 0.1) is 12.3 Å². The third-order valence-corrected chi connectivity index (χ3v) is 6.64. The number of aromatic nitrogens is 1. The predicted octanol–water partition coefficient (Wildman–Crippen LogP) is 4.29. The first kappa shape index (κ1) is 29.8. The number of ether oxygens (including phenoxy) is 1. The molecule has 0 fully saturated rings. The molecule has 3 aromatic rings. The van der Waals surface area contributed by atoms with Gasteiger partial charge in [-0.3, -0.25) is 4.79 Å². The summed E-state index contributed by atoms with van der Waals surface area (Å²) >= 11 is 5.02. The number of aryl methyl sites for hydroxylation is 1. The van der Waals surface area contributed by atoms with E-state index >= 15 is 0 Å². The van der Waals surface area contributed by atoms with Crippen LogP contribution in [0.15, 0.2) is 48.5 Å². The quantitative estimate of drug-likeness (QED) is 0.156. The van der Waals surface area contributed by atoms with Gasteiger partial charge in [-0.15, -0.1) is 6.42 Å². The summed E-state index contributed by atoms with van der Waals surface area (Å²) in [5.41, 5.74) is 0.101. The lowest BCUT2D eigenvalue weighted by Crippen LogP contribution is -2.41. The first-order chi connectivity index (χ1) is 18.3. The first-order valence-electron chi connectivity index (χ1n) is 11.5. The lowest BCUT2D eigenvalue weighted by atomic mass is 9.94. The number of pyridine rings is 1. The molecule has 13 heteroatoms. The van der Waals surface area contributed by atoms with Gasteiger partial charge in [0.2, 0.25) is 12.1 Å². The fourth-order valence-corrected chi connectivity index (χ4v) is 4.20. The number of terminal acetylenes is 1. The zero-order valence-electron chi connectivity index (χ0n) is 20.7. The Kier molecular flexibility index (Phi) is 9.49. The molecule has 1 aliphatic rings. The lowest BCUT2D eigenvalue weighted by Gasteiger charge is -2.16. The van der Waals surface area contributed by atoms with E-state index in [1.165, 1.54) is 31.2 Å². The second-order valence-corrected chi connectivity index (χ2v) is 10.2. The number of nitrogens with zero attached hydrogens (tertiary/aromatic N) is 1. The number of anilines is 2. The highest BCUT2D eigenvalue weighted by Gasteiger charge is 2.37. The van der Waals surface area contributed by atoms with Gasteiger partial charge in [-0.2, -0.15) is 17.7 Å². The minimum atomic E-state index is -6.09. The van der Waals surface area contributed by atoms with Crippen molar-refractivity contribution in [3.8, 4) is 12.3 Å². The van der Waals surface area contributed by atoms with Crippen molar-refractivity contribution in [1.82, 2.24) is 0 Å². The highest BCUT2D eigenvalue weighted by Crippen LogP contribution is 2.25. The molecule has 2 N–H and O–H groups in total. The molecule has 0 aliphatic heterocycles. The van der Waals surface area contributed by atoms with Crippen LogP contribution >= 0.6 is 12.2 Å². The number of amides is 1. The number of halogens is 3. The van der Waals surface area contributed by atoms with Crippen LogP contribution in [0.25, 0.3) is 10.9 Å². The second kappa shape index (κ2) is 12.4. The van der Waals surface area contributed by atoms with Gasteiger partial charge in [0.15, 0.2) is 15.8 Å². The first-order valence-corrected chi connectivity index (χ1v) is 13.4. The number of rotatable bonds is 4. The Bertz CT molecular complexity index is 1550. The van der Waals surface area contributed by atoms with E-state index in [9.17, 15) is 18.0 Å². The van der Waals surface area contributed by atoms with Crippen LogP contribution in [-0.2, 0) is 34.2 Å². The molecule has 2 aromatic carbocycles. The molecular weight excluding hydrogens is 555 g/mol. The Morgan fingerprint density at radius 3 is 2.44 bits per heavy atom. The van der Waals surface area contributed by atoms with Crippen LogP contribution in [0.5, 0.6) is 0 Å². The normalized spacial score (nSPS) is 12.8. The predicted molar refractivity (Wildman–Crippen MR) is 143 cm³/mol.